The number of carbonyl (C=O) groups excluding carboxylic acids is 4. The van der Waals surface area contributed by atoms with E-state index in [2.05, 4.69) is 16.0 Å². The van der Waals surface area contributed by atoms with Crippen LogP contribution in [-0.2, 0) is 24.0 Å². The highest BCUT2D eigenvalue weighted by Gasteiger charge is 2.31. The van der Waals surface area contributed by atoms with E-state index in [1.165, 1.54) is 0 Å². The minimum absolute atomic E-state index is 0.0183. The molecule has 0 aliphatic carbocycles. The fourth-order valence-electron chi connectivity index (χ4n) is 3.33. The maximum atomic E-state index is 13.1. The second-order valence-corrected chi connectivity index (χ2v) is 9.35. The molecular weight excluding hydrogens is 456 g/mol. The average molecular weight is 501 g/mol. The highest BCUT2D eigenvalue weighted by molar-refractivity contribution is 5.94. The molecule has 0 rings (SSSR count). The van der Waals surface area contributed by atoms with E-state index >= 15 is 0 Å². The number of amides is 4. The number of primary amides is 1. The van der Waals surface area contributed by atoms with Crippen molar-refractivity contribution in [2.24, 2.45) is 29.0 Å². The van der Waals surface area contributed by atoms with Gasteiger partial charge in [0.15, 0.2) is 0 Å². The first-order valence-corrected chi connectivity index (χ1v) is 12.2. The number of hydrogen-bond acceptors (Lipinski definition) is 7. The van der Waals surface area contributed by atoms with Crippen LogP contribution < -0.4 is 33.2 Å². The van der Waals surface area contributed by atoms with Crippen LogP contribution in [0.4, 0.5) is 0 Å². The molecule has 0 saturated heterocycles. The molecule has 0 bridgehead atoms. The van der Waals surface area contributed by atoms with Crippen LogP contribution in [0.3, 0.4) is 0 Å². The van der Waals surface area contributed by atoms with Crippen molar-refractivity contribution < 1.29 is 29.1 Å². The lowest BCUT2D eigenvalue weighted by molar-refractivity contribution is -0.142. The summed E-state index contributed by atoms with van der Waals surface area (Å²) in [7, 11) is 0. The van der Waals surface area contributed by atoms with Crippen LogP contribution >= 0.6 is 0 Å². The van der Waals surface area contributed by atoms with Gasteiger partial charge in [-0.1, -0.05) is 34.1 Å². The number of unbranched alkanes of at least 4 members (excludes halogenated alkanes) is 1. The largest absolute Gasteiger partial charge is 0.480 e. The van der Waals surface area contributed by atoms with E-state index in [1.807, 2.05) is 20.8 Å². The summed E-state index contributed by atoms with van der Waals surface area (Å²) in [5.74, 6) is -3.86. The van der Waals surface area contributed by atoms with Gasteiger partial charge in [-0.05, 0) is 50.5 Å². The maximum Gasteiger partial charge on any atom is 0.326 e. The Morgan fingerprint density at radius 1 is 0.829 bits per heavy atom. The summed E-state index contributed by atoms with van der Waals surface area (Å²) in [4.78, 5) is 61.4. The van der Waals surface area contributed by atoms with Gasteiger partial charge in [-0.15, -0.1) is 0 Å². The normalized spacial score (nSPS) is 15.4. The molecule has 12 nitrogen and oxygen atoms in total. The van der Waals surface area contributed by atoms with Gasteiger partial charge in [-0.25, -0.2) is 4.79 Å². The van der Waals surface area contributed by atoms with E-state index in [1.54, 1.807) is 6.92 Å². The molecule has 4 amide bonds. The highest BCUT2D eigenvalue weighted by Crippen LogP contribution is 2.10. The van der Waals surface area contributed by atoms with E-state index in [0.29, 0.717) is 25.8 Å². The summed E-state index contributed by atoms with van der Waals surface area (Å²) in [5.41, 5.74) is 16.7. The SMILES string of the molecule is CCC(C)C(N)C(=O)NC(CCC(N)=O)C(=O)NC(CCCCN)C(=O)NC(CC(C)C)C(=O)O. The quantitative estimate of drug-likeness (QED) is 0.119. The van der Waals surface area contributed by atoms with Gasteiger partial charge in [-0.2, -0.15) is 0 Å². The number of nitrogens with one attached hydrogen (secondary N) is 3. The molecule has 0 spiro atoms. The van der Waals surface area contributed by atoms with Gasteiger partial charge in [0.1, 0.15) is 18.1 Å². The number of carbonyl (C=O) groups is 5. The summed E-state index contributed by atoms with van der Waals surface area (Å²) in [6, 6.07) is -4.18. The van der Waals surface area contributed by atoms with Crippen molar-refractivity contribution >= 4 is 29.6 Å². The minimum Gasteiger partial charge on any atom is -0.480 e. The van der Waals surface area contributed by atoms with Crippen molar-refractivity contribution in [1.82, 2.24) is 16.0 Å². The van der Waals surface area contributed by atoms with E-state index in [-0.39, 0.29) is 37.5 Å². The number of aliphatic carboxylic acids is 1. The lowest BCUT2D eigenvalue weighted by Crippen LogP contribution is -2.57. The zero-order valence-electron chi connectivity index (χ0n) is 21.3. The van der Waals surface area contributed by atoms with E-state index in [9.17, 15) is 29.1 Å². The van der Waals surface area contributed by atoms with Gasteiger partial charge in [0.25, 0.3) is 0 Å². The van der Waals surface area contributed by atoms with Crippen molar-refractivity contribution in [3.63, 3.8) is 0 Å². The topological polar surface area (TPSA) is 220 Å². The van der Waals surface area contributed by atoms with Crippen LogP contribution in [0.2, 0.25) is 0 Å². The van der Waals surface area contributed by atoms with E-state index in [0.717, 1.165) is 0 Å². The van der Waals surface area contributed by atoms with Gasteiger partial charge in [-0.3, -0.25) is 19.2 Å². The first-order chi connectivity index (χ1) is 16.3. The third-order valence-electron chi connectivity index (χ3n) is 5.77. The molecule has 0 aliphatic rings. The van der Waals surface area contributed by atoms with Crippen LogP contribution in [0.1, 0.15) is 72.6 Å². The molecule has 12 heteroatoms. The summed E-state index contributed by atoms with van der Waals surface area (Å²) < 4.78 is 0. The molecule has 0 heterocycles. The fourth-order valence-corrected chi connectivity index (χ4v) is 3.33. The Bertz CT molecular complexity index is 717. The van der Waals surface area contributed by atoms with Crippen molar-refractivity contribution in [3.8, 4) is 0 Å². The van der Waals surface area contributed by atoms with Crippen LogP contribution in [0, 0.1) is 11.8 Å². The standard InChI is InChI=1S/C23H44N6O6/c1-5-14(4)19(26)22(33)28-16(9-10-18(25)30)21(32)27-15(8-6-7-11-24)20(31)29-17(23(34)35)12-13(2)3/h13-17,19H,5-12,24,26H2,1-4H3,(H2,25,30)(H,27,32)(H,28,33)(H,29,31)(H,34,35). The Labute approximate surface area is 207 Å². The van der Waals surface area contributed by atoms with Crippen molar-refractivity contribution in [1.29, 1.82) is 0 Å². The number of hydrogen-bond donors (Lipinski definition) is 7. The molecule has 10 N–H and O–H groups in total. The summed E-state index contributed by atoms with van der Waals surface area (Å²) in [6.07, 6.45) is 1.94. The number of carboxylic acids is 1. The molecule has 0 radical (unpaired) electrons. The molecule has 0 aromatic rings. The van der Waals surface area contributed by atoms with Crippen LogP contribution in [-0.4, -0.2) is 65.4 Å². The Kier molecular flexibility index (Phi) is 15.5. The summed E-state index contributed by atoms with van der Waals surface area (Å²) >= 11 is 0. The van der Waals surface area contributed by atoms with Crippen molar-refractivity contribution in [2.75, 3.05) is 6.54 Å². The van der Waals surface area contributed by atoms with Gasteiger partial charge < -0.3 is 38.3 Å². The zero-order chi connectivity index (χ0) is 27.1. The van der Waals surface area contributed by atoms with Crippen molar-refractivity contribution in [3.05, 3.63) is 0 Å². The predicted octanol–water partition coefficient (Wildman–Crippen LogP) is -0.661. The third-order valence-corrected chi connectivity index (χ3v) is 5.77. The predicted molar refractivity (Wildman–Crippen MR) is 132 cm³/mol. The Balaban J connectivity index is 5.61. The monoisotopic (exact) mass is 500 g/mol. The molecule has 35 heavy (non-hydrogen) atoms. The highest BCUT2D eigenvalue weighted by atomic mass is 16.4. The maximum absolute atomic E-state index is 13.1. The summed E-state index contributed by atoms with van der Waals surface area (Å²) in [6.45, 7) is 7.73. The number of carboxylic acid groups (broad SMARTS) is 1. The third kappa shape index (κ3) is 13.1. The van der Waals surface area contributed by atoms with Crippen LogP contribution in [0.15, 0.2) is 0 Å². The first-order valence-electron chi connectivity index (χ1n) is 12.2. The lowest BCUT2D eigenvalue weighted by Gasteiger charge is -2.26. The van der Waals surface area contributed by atoms with E-state index < -0.39 is 53.8 Å². The van der Waals surface area contributed by atoms with E-state index in [4.69, 9.17) is 17.2 Å². The van der Waals surface area contributed by atoms with Crippen LogP contribution in [0.5, 0.6) is 0 Å². The fraction of sp³-hybridized carbons (Fsp3) is 0.783. The number of rotatable bonds is 18. The smallest absolute Gasteiger partial charge is 0.326 e. The average Bonchev–Trinajstić information content (AvgIpc) is 2.78. The summed E-state index contributed by atoms with van der Waals surface area (Å²) in [5, 5.41) is 17.1. The molecule has 0 saturated carbocycles. The van der Waals surface area contributed by atoms with Gasteiger partial charge in [0.2, 0.25) is 23.6 Å². The molecule has 0 fully saturated rings. The lowest BCUT2D eigenvalue weighted by atomic mass is 9.98. The second kappa shape index (κ2) is 16.8. The second-order valence-electron chi connectivity index (χ2n) is 9.35. The number of nitrogens with two attached hydrogens (primary N) is 3. The van der Waals surface area contributed by atoms with Gasteiger partial charge >= 0.3 is 5.97 Å². The Morgan fingerprint density at radius 3 is 1.80 bits per heavy atom. The van der Waals surface area contributed by atoms with Gasteiger partial charge in [0.05, 0.1) is 6.04 Å². The molecular formula is C23H44N6O6. The van der Waals surface area contributed by atoms with Gasteiger partial charge in [0, 0.05) is 6.42 Å². The molecule has 5 atom stereocenters. The molecule has 0 aromatic carbocycles. The molecule has 5 unspecified atom stereocenters. The van der Waals surface area contributed by atoms with Crippen molar-refractivity contribution in [2.45, 2.75) is 96.8 Å². The zero-order valence-corrected chi connectivity index (χ0v) is 21.3. The Hall–Kier alpha value is -2.73. The Morgan fingerprint density at radius 2 is 1.34 bits per heavy atom. The first kappa shape index (κ1) is 32.3. The molecule has 0 aliphatic heterocycles. The minimum atomic E-state index is -1.18. The molecule has 202 valence electrons. The van der Waals surface area contributed by atoms with Crippen LogP contribution in [0.25, 0.3) is 0 Å². The molecule has 0 aromatic heterocycles.